The highest BCUT2D eigenvalue weighted by Gasteiger charge is 2.27. The summed E-state index contributed by atoms with van der Waals surface area (Å²) in [5.41, 5.74) is 6.39. The highest BCUT2D eigenvalue weighted by atomic mass is 32.2. The maximum atomic E-state index is 6.67. The van der Waals surface area contributed by atoms with E-state index in [9.17, 15) is 0 Å². The number of hydrogen-bond acceptors (Lipinski definition) is 6. The van der Waals surface area contributed by atoms with E-state index in [-0.39, 0.29) is 0 Å². The molecule has 11 aromatic rings. The monoisotopic (exact) mass is 705 g/mol. The number of benzene rings is 7. The molecule has 0 atom stereocenters. The van der Waals surface area contributed by atoms with Gasteiger partial charge < -0.3 is 4.42 Å². The molecule has 0 unspecified atom stereocenters. The Labute approximate surface area is 303 Å². The molecule has 51 heavy (non-hydrogen) atoms. The second kappa shape index (κ2) is 10.5. The number of aromatic nitrogens is 3. The Hall–Kier alpha value is -5.60. The van der Waals surface area contributed by atoms with Gasteiger partial charge in [0.05, 0.1) is 15.7 Å². The molecule has 4 nitrogen and oxygen atoms in total. The van der Waals surface area contributed by atoms with E-state index in [1.807, 2.05) is 35.2 Å². The fourth-order valence-corrected chi connectivity index (χ4v) is 11.6. The van der Waals surface area contributed by atoms with Crippen LogP contribution in [0.4, 0.5) is 0 Å². The van der Waals surface area contributed by atoms with Gasteiger partial charge in [-0.2, -0.15) is 0 Å². The van der Waals surface area contributed by atoms with Crippen molar-refractivity contribution in [1.29, 1.82) is 0 Å². The van der Waals surface area contributed by atoms with Crippen LogP contribution in [0.15, 0.2) is 164 Å². The highest BCUT2D eigenvalue weighted by Crippen LogP contribution is 2.53. The van der Waals surface area contributed by atoms with E-state index < -0.39 is 0 Å². The maximum Gasteiger partial charge on any atom is 0.236 e. The van der Waals surface area contributed by atoms with Crippen LogP contribution in [-0.4, -0.2) is 14.5 Å². The van der Waals surface area contributed by atoms with E-state index in [0.717, 1.165) is 38.8 Å². The molecule has 7 heteroatoms. The molecular weight excluding hydrogens is 683 g/mol. The molecule has 0 amide bonds. The van der Waals surface area contributed by atoms with Crippen molar-refractivity contribution >= 4 is 110 Å². The molecule has 1 aliphatic rings. The predicted octanol–water partition coefficient (Wildman–Crippen LogP) is 13.3. The lowest BCUT2D eigenvalue weighted by molar-refractivity contribution is 0.666. The van der Waals surface area contributed by atoms with Gasteiger partial charge >= 0.3 is 0 Å². The van der Waals surface area contributed by atoms with Crippen LogP contribution in [0.2, 0.25) is 0 Å². The van der Waals surface area contributed by atoms with E-state index in [2.05, 4.69) is 132 Å². The van der Waals surface area contributed by atoms with Crippen LogP contribution in [0.25, 0.3) is 92.0 Å². The third-order valence-corrected chi connectivity index (χ3v) is 13.9. The molecule has 0 bridgehead atoms. The molecular formula is C44H23N3OS3. The second-order valence-corrected chi connectivity index (χ2v) is 16.0. The van der Waals surface area contributed by atoms with Crippen LogP contribution in [0.1, 0.15) is 0 Å². The standard InChI is InChI=1S/C44H23N3OS3/c1-2-13-25-24(12-1)36-26-14-3-6-18-30(26)47(40(36)43-37(25)28-16-5-8-20-32(28)50-43)44-45-38-27-15-4-7-19-31(27)48-41(38)39(46-44)29-17-11-23-35-42(29)51-34-22-10-9-21-33(34)49-35/h1-23H. The molecule has 7 aromatic carbocycles. The van der Waals surface area contributed by atoms with E-state index >= 15 is 0 Å². The molecule has 0 spiro atoms. The van der Waals surface area contributed by atoms with Gasteiger partial charge in [0.2, 0.25) is 5.95 Å². The average Bonchev–Trinajstić information content (AvgIpc) is 3.87. The quantitative estimate of drug-likeness (QED) is 0.179. The van der Waals surface area contributed by atoms with Crippen molar-refractivity contribution in [3.8, 4) is 17.2 Å². The van der Waals surface area contributed by atoms with Gasteiger partial charge in [0.1, 0.15) is 16.8 Å². The summed E-state index contributed by atoms with van der Waals surface area (Å²) in [6, 6.07) is 49.7. The highest BCUT2D eigenvalue weighted by molar-refractivity contribution is 8.05. The van der Waals surface area contributed by atoms with Gasteiger partial charge in [-0.15, -0.1) is 11.3 Å². The van der Waals surface area contributed by atoms with Crippen molar-refractivity contribution in [2.75, 3.05) is 0 Å². The van der Waals surface area contributed by atoms with E-state index in [0.29, 0.717) is 11.5 Å². The third-order valence-electron chi connectivity index (χ3n) is 10.1. The zero-order valence-electron chi connectivity index (χ0n) is 26.8. The average molecular weight is 706 g/mol. The number of thiophene rings is 1. The Balaban J connectivity index is 1.26. The smallest absolute Gasteiger partial charge is 0.236 e. The minimum Gasteiger partial charge on any atom is -0.452 e. The lowest BCUT2D eigenvalue weighted by atomic mass is 9.99. The zero-order valence-corrected chi connectivity index (χ0v) is 29.2. The Kier molecular flexibility index (Phi) is 5.77. The Bertz CT molecular complexity index is 3280. The molecule has 0 fully saturated rings. The van der Waals surface area contributed by atoms with Crippen LogP contribution < -0.4 is 0 Å². The molecule has 1 aliphatic heterocycles. The van der Waals surface area contributed by atoms with Crippen molar-refractivity contribution < 1.29 is 4.42 Å². The van der Waals surface area contributed by atoms with E-state index in [4.69, 9.17) is 14.4 Å². The molecule has 4 aromatic heterocycles. The second-order valence-electron chi connectivity index (χ2n) is 12.9. The summed E-state index contributed by atoms with van der Waals surface area (Å²) in [6.07, 6.45) is 0. The molecule has 12 rings (SSSR count). The molecule has 0 N–H and O–H groups in total. The van der Waals surface area contributed by atoms with Crippen molar-refractivity contribution in [1.82, 2.24) is 14.5 Å². The number of furan rings is 1. The van der Waals surface area contributed by atoms with Crippen LogP contribution in [0.5, 0.6) is 0 Å². The Morgan fingerprint density at radius 1 is 0.529 bits per heavy atom. The number of fused-ring (bicyclic) bond motifs is 15. The van der Waals surface area contributed by atoms with Gasteiger partial charge in [-0.3, -0.25) is 4.57 Å². The first-order valence-electron chi connectivity index (χ1n) is 16.8. The normalized spacial score (nSPS) is 12.9. The fraction of sp³-hybridized carbons (Fsp3) is 0. The molecule has 238 valence electrons. The van der Waals surface area contributed by atoms with Gasteiger partial charge in [0.25, 0.3) is 0 Å². The van der Waals surface area contributed by atoms with Crippen LogP contribution in [-0.2, 0) is 0 Å². The Morgan fingerprint density at radius 2 is 1.20 bits per heavy atom. The van der Waals surface area contributed by atoms with Crippen molar-refractivity contribution in [2.45, 2.75) is 19.6 Å². The first kappa shape index (κ1) is 28.1. The Morgan fingerprint density at radius 3 is 2.06 bits per heavy atom. The predicted molar refractivity (Wildman–Crippen MR) is 214 cm³/mol. The molecule has 5 heterocycles. The summed E-state index contributed by atoms with van der Waals surface area (Å²) in [5.74, 6) is 0.635. The number of para-hydroxylation sites is 2. The summed E-state index contributed by atoms with van der Waals surface area (Å²) < 4.78 is 11.5. The minimum atomic E-state index is 0.635. The van der Waals surface area contributed by atoms with Gasteiger partial charge in [0, 0.05) is 56.8 Å². The SMILES string of the molecule is c1ccc2c(c1)Sc1cccc(-c3nc(-n4c5ccccc5c5c6ccccc6c6c7ccccc7sc6c54)nc4c3oc3ccccc34)c1S2. The van der Waals surface area contributed by atoms with Crippen molar-refractivity contribution in [3.05, 3.63) is 140 Å². The molecule has 0 aliphatic carbocycles. The van der Waals surface area contributed by atoms with Crippen LogP contribution in [0, 0.1) is 0 Å². The number of hydrogen-bond donors (Lipinski definition) is 0. The summed E-state index contributed by atoms with van der Waals surface area (Å²) in [5, 5.41) is 8.45. The van der Waals surface area contributed by atoms with E-state index in [1.165, 1.54) is 61.3 Å². The van der Waals surface area contributed by atoms with Gasteiger partial charge in [-0.25, -0.2) is 9.97 Å². The minimum absolute atomic E-state index is 0.635. The zero-order chi connectivity index (χ0) is 33.2. The fourth-order valence-electron chi connectivity index (χ4n) is 7.93. The lowest BCUT2D eigenvalue weighted by Gasteiger charge is -2.21. The number of rotatable bonds is 2. The largest absolute Gasteiger partial charge is 0.452 e. The van der Waals surface area contributed by atoms with Crippen LogP contribution >= 0.6 is 34.9 Å². The number of nitrogens with zero attached hydrogens (tertiary/aromatic N) is 3. The first-order chi connectivity index (χ1) is 25.3. The van der Waals surface area contributed by atoms with Crippen molar-refractivity contribution in [2.24, 2.45) is 0 Å². The molecule has 0 radical (unpaired) electrons. The van der Waals surface area contributed by atoms with E-state index in [1.54, 1.807) is 11.8 Å². The summed E-state index contributed by atoms with van der Waals surface area (Å²) in [7, 11) is 0. The first-order valence-corrected chi connectivity index (χ1v) is 19.3. The van der Waals surface area contributed by atoms with Gasteiger partial charge in [0.15, 0.2) is 5.58 Å². The third kappa shape index (κ3) is 3.88. The lowest BCUT2D eigenvalue weighted by Crippen LogP contribution is -2.04. The maximum absolute atomic E-state index is 6.67. The van der Waals surface area contributed by atoms with Crippen LogP contribution in [0.3, 0.4) is 0 Å². The topological polar surface area (TPSA) is 43.9 Å². The molecule has 0 saturated heterocycles. The summed E-state index contributed by atoms with van der Waals surface area (Å²) in [6.45, 7) is 0. The summed E-state index contributed by atoms with van der Waals surface area (Å²) in [4.78, 5) is 15.9. The van der Waals surface area contributed by atoms with Gasteiger partial charge in [-0.1, -0.05) is 121 Å². The van der Waals surface area contributed by atoms with Crippen molar-refractivity contribution in [3.63, 3.8) is 0 Å². The molecule has 0 saturated carbocycles. The summed E-state index contributed by atoms with van der Waals surface area (Å²) >= 11 is 5.47. The van der Waals surface area contributed by atoms with Gasteiger partial charge in [-0.05, 0) is 53.2 Å².